The smallest absolute Gasteiger partial charge is 0.226 e. The average Bonchev–Trinajstić information content (AvgIpc) is 2.59. The van der Waals surface area contributed by atoms with Gasteiger partial charge in [0.1, 0.15) is 0 Å². The van der Waals surface area contributed by atoms with Gasteiger partial charge in [-0.1, -0.05) is 6.42 Å². The van der Waals surface area contributed by atoms with Crippen molar-refractivity contribution in [2.45, 2.75) is 25.3 Å². The van der Waals surface area contributed by atoms with E-state index in [1.165, 1.54) is 19.3 Å². The van der Waals surface area contributed by atoms with Crippen LogP contribution in [0.2, 0.25) is 0 Å². The minimum Gasteiger partial charge on any atom is -0.347 e. The first-order valence-corrected chi connectivity index (χ1v) is 5.99. The Morgan fingerprint density at radius 2 is 2.36 bits per heavy atom. The summed E-state index contributed by atoms with van der Waals surface area (Å²) in [5, 5.41) is 4.99. The third-order valence-corrected chi connectivity index (χ3v) is 3.99. The molecule has 1 aromatic rings. The molecule has 1 saturated heterocycles. The van der Waals surface area contributed by atoms with E-state index in [2.05, 4.69) is 10.3 Å². The molecule has 2 fully saturated rings. The summed E-state index contributed by atoms with van der Waals surface area (Å²) in [4.78, 5) is 15.7. The topological polar surface area (TPSA) is 42.0 Å². The van der Waals surface area contributed by atoms with Gasteiger partial charge in [0, 0.05) is 5.38 Å². The summed E-state index contributed by atoms with van der Waals surface area (Å²) in [5.74, 6) is 1.06. The molecule has 2 atom stereocenters. The highest BCUT2D eigenvalue weighted by molar-refractivity contribution is 7.07. The second-order valence-corrected chi connectivity index (χ2v) is 4.84. The average molecular weight is 208 g/mol. The summed E-state index contributed by atoms with van der Waals surface area (Å²) < 4.78 is 0. The molecule has 2 heterocycles. The van der Waals surface area contributed by atoms with Gasteiger partial charge in [-0.2, -0.15) is 0 Å². The summed E-state index contributed by atoms with van der Waals surface area (Å²) in [5.41, 5.74) is 2.88. The molecule has 0 spiro atoms. The van der Waals surface area contributed by atoms with Crippen molar-refractivity contribution in [2.75, 3.05) is 0 Å². The summed E-state index contributed by atoms with van der Waals surface area (Å²) in [6.07, 6.45) is 3.73. The van der Waals surface area contributed by atoms with Crippen molar-refractivity contribution in [3.05, 3.63) is 16.6 Å². The fraction of sp³-hybridized carbons (Fsp3) is 0.600. The van der Waals surface area contributed by atoms with E-state index in [1.54, 1.807) is 11.3 Å². The molecule has 1 amide bonds. The van der Waals surface area contributed by atoms with Crippen molar-refractivity contribution in [3.63, 3.8) is 0 Å². The van der Waals surface area contributed by atoms with Crippen molar-refractivity contribution in [2.24, 2.45) is 11.8 Å². The predicted octanol–water partition coefficient (Wildman–Crippen LogP) is 1.73. The lowest BCUT2D eigenvalue weighted by molar-refractivity contribution is -0.140. The van der Waals surface area contributed by atoms with Crippen LogP contribution in [0.5, 0.6) is 0 Å². The molecule has 1 saturated carbocycles. The molecule has 0 radical (unpaired) electrons. The molecule has 74 valence electrons. The molecule has 2 aliphatic rings. The van der Waals surface area contributed by atoms with Crippen LogP contribution in [0.3, 0.4) is 0 Å². The Kier molecular flexibility index (Phi) is 1.83. The fourth-order valence-electron chi connectivity index (χ4n) is 2.31. The van der Waals surface area contributed by atoms with E-state index < -0.39 is 0 Å². The highest BCUT2D eigenvalue weighted by atomic mass is 32.1. The summed E-state index contributed by atoms with van der Waals surface area (Å²) in [6, 6.07) is 0.207. The van der Waals surface area contributed by atoms with Crippen LogP contribution in [-0.4, -0.2) is 10.9 Å². The third-order valence-electron chi connectivity index (χ3n) is 3.39. The molecule has 1 aliphatic carbocycles. The Bertz CT molecular complexity index is 345. The van der Waals surface area contributed by atoms with Crippen LogP contribution in [-0.2, 0) is 4.79 Å². The number of amides is 1. The molecular formula is C10H12N2OS. The molecule has 0 aromatic carbocycles. The van der Waals surface area contributed by atoms with Gasteiger partial charge in [-0.15, -0.1) is 11.3 Å². The van der Waals surface area contributed by atoms with Crippen LogP contribution < -0.4 is 5.32 Å². The number of thiazole rings is 1. The first kappa shape index (κ1) is 8.41. The fourth-order valence-corrected chi connectivity index (χ4v) is 2.90. The molecule has 1 N–H and O–H groups in total. The Labute approximate surface area is 86.5 Å². The van der Waals surface area contributed by atoms with Crippen molar-refractivity contribution in [3.8, 4) is 0 Å². The Morgan fingerprint density at radius 1 is 1.50 bits per heavy atom. The van der Waals surface area contributed by atoms with Crippen molar-refractivity contribution >= 4 is 17.2 Å². The van der Waals surface area contributed by atoms with E-state index in [-0.39, 0.29) is 17.9 Å². The van der Waals surface area contributed by atoms with Gasteiger partial charge in [0.25, 0.3) is 0 Å². The van der Waals surface area contributed by atoms with Crippen molar-refractivity contribution in [1.82, 2.24) is 10.3 Å². The van der Waals surface area contributed by atoms with E-state index in [0.717, 1.165) is 5.69 Å². The van der Waals surface area contributed by atoms with Gasteiger partial charge in [-0.05, 0) is 18.8 Å². The maximum Gasteiger partial charge on any atom is 0.226 e. The number of carbonyl (C=O) groups is 1. The number of nitrogens with one attached hydrogen (secondary N) is 1. The standard InChI is InChI=1S/C10H12N2OS/c13-10-8(6-2-1-3-6)9(12-10)7-4-14-5-11-7/h4-6,8-9H,1-3H2,(H,12,13). The zero-order valence-electron chi connectivity index (χ0n) is 7.77. The minimum absolute atomic E-state index is 0.207. The number of rotatable bonds is 2. The number of aromatic nitrogens is 1. The number of nitrogens with zero attached hydrogens (tertiary/aromatic N) is 1. The van der Waals surface area contributed by atoms with Crippen LogP contribution in [0.15, 0.2) is 10.9 Å². The lowest BCUT2D eigenvalue weighted by atomic mass is 9.68. The van der Waals surface area contributed by atoms with E-state index in [4.69, 9.17) is 0 Å². The molecule has 0 bridgehead atoms. The van der Waals surface area contributed by atoms with Gasteiger partial charge < -0.3 is 5.32 Å². The second kappa shape index (κ2) is 3.05. The number of hydrogen-bond acceptors (Lipinski definition) is 3. The van der Waals surface area contributed by atoms with Crippen LogP contribution >= 0.6 is 11.3 Å². The van der Waals surface area contributed by atoms with E-state index in [1.807, 2.05) is 10.9 Å². The molecule has 2 unspecified atom stereocenters. The van der Waals surface area contributed by atoms with E-state index in [9.17, 15) is 4.79 Å². The molecule has 1 aliphatic heterocycles. The van der Waals surface area contributed by atoms with Crippen LogP contribution in [0, 0.1) is 11.8 Å². The van der Waals surface area contributed by atoms with Gasteiger partial charge in [-0.25, -0.2) is 4.98 Å². The highest BCUT2D eigenvalue weighted by Crippen LogP contribution is 2.44. The Hall–Kier alpha value is -0.900. The number of β-lactam (4-membered cyclic amide) rings is 1. The highest BCUT2D eigenvalue weighted by Gasteiger charge is 2.47. The predicted molar refractivity (Wildman–Crippen MR) is 53.8 cm³/mol. The molecule has 1 aromatic heterocycles. The zero-order valence-corrected chi connectivity index (χ0v) is 8.59. The van der Waals surface area contributed by atoms with Crippen molar-refractivity contribution in [1.29, 1.82) is 0 Å². The summed E-state index contributed by atoms with van der Waals surface area (Å²) in [7, 11) is 0. The van der Waals surface area contributed by atoms with Gasteiger partial charge in [0.2, 0.25) is 5.91 Å². The maximum absolute atomic E-state index is 11.4. The third kappa shape index (κ3) is 1.10. The normalized spacial score (nSPS) is 31.9. The van der Waals surface area contributed by atoms with Crippen molar-refractivity contribution < 1.29 is 4.79 Å². The van der Waals surface area contributed by atoms with Gasteiger partial charge in [-0.3, -0.25) is 4.79 Å². The summed E-state index contributed by atoms with van der Waals surface area (Å²) in [6.45, 7) is 0. The monoisotopic (exact) mass is 208 g/mol. The largest absolute Gasteiger partial charge is 0.347 e. The lowest BCUT2D eigenvalue weighted by Crippen LogP contribution is -2.55. The maximum atomic E-state index is 11.4. The van der Waals surface area contributed by atoms with Gasteiger partial charge in [0.15, 0.2) is 0 Å². The first-order chi connectivity index (χ1) is 6.86. The SMILES string of the molecule is O=C1NC(c2cscn2)C1C1CCC1. The number of carbonyl (C=O) groups excluding carboxylic acids is 1. The van der Waals surface area contributed by atoms with Gasteiger partial charge in [0.05, 0.1) is 23.2 Å². The molecule has 3 nitrogen and oxygen atoms in total. The van der Waals surface area contributed by atoms with Crippen LogP contribution in [0.1, 0.15) is 31.0 Å². The zero-order chi connectivity index (χ0) is 9.54. The molecule has 14 heavy (non-hydrogen) atoms. The lowest BCUT2D eigenvalue weighted by Gasteiger charge is -2.44. The van der Waals surface area contributed by atoms with E-state index >= 15 is 0 Å². The summed E-state index contributed by atoms with van der Waals surface area (Å²) >= 11 is 1.60. The minimum atomic E-state index is 0.207. The van der Waals surface area contributed by atoms with Gasteiger partial charge >= 0.3 is 0 Å². The van der Waals surface area contributed by atoms with E-state index in [0.29, 0.717) is 5.92 Å². The van der Waals surface area contributed by atoms with Crippen LogP contribution in [0.4, 0.5) is 0 Å². The molecule has 3 rings (SSSR count). The van der Waals surface area contributed by atoms with Crippen LogP contribution in [0.25, 0.3) is 0 Å². The number of hydrogen-bond donors (Lipinski definition) is 1. The quantitative estimate of drug-likeness (QED) is 0.752. The molecule has 4 heteroatoms. The second-order valence-electron chi connectivity index (χ2n) is 4.12. The Balaban J connectivity index is 1.78. The Morgan fingerprint density at radius 3 is 2.86 bits per heavy atom. The first-order valence-electron chi connectivity index (χ1n) is 5.05. The molecular weight excluding hydrogens is 196 g/mol.